The molecule has 2 atom stereocenters. The first kappa shape index (κ1) is 23.7. The Morgan fingerprint density at radius 3 is 2.38 bits per heavy atom. The van der Waals surface area contributed by atoms with Crippen LogP contribution >= 0.6 is 15.9 Å². The monoisotopic (exact) mass is 557 g/mol. The Hall–Kier alpha value is -3.65. The molecule has 6 rings (SSSR count). The minimum absolute atomic E-state index is 0.0342. The van der Waals surface area contributed by atoms with Gasteiger partial charge in [-0.1, -0.05) is 36.9 Å². The van der Waals surface area contributed by atoms with Crippen LogP contribution in [0.25, 0.3) is 22.2 Å². The third kappa shape index (κ3) is 4.19. The van der Waals surface area contributed by atoms with E-state index >= 15 is 0 Å². The summed E-state index contributed by atoms with van der Waals surface area (Å²) in [5.41, 5.74) is 3.03. The fraction of sp³-hybridized carbons (Fsp3) is 0.276. The third-order valence-corrected chi connectivity index (χ3v) is 8.44. The number of carbonyl (C=O) groups is 1. The number of ether oxygens (including phenoxy) is 1. The average Bonchev–Trinajstić information content (AvgIpc) is 3.58. The summed E-state index contributed by atoms with van der Waals surface area (Å²) in [4.78, 5) is 23.4. The number of carbonyl (C=O) groups excluding carboxylic acids is 1. The molecule has 2 unspecified atom stereocenters. The quantitative estimate of drug-likeness (QED) is 0.282. The van der Waals surface area contributed by atoms with Gasteiger partial charge in [0.2, 0.25) is 5.91 Å². The molecule has 1 saturated heterocycles. The molecule has 37 heavy (non-hydrogen) atoms. The summed E-state index contributed by atoms with van der Waals surface area (Å²) in [5.74, 6) is 3.39. The van der Waals surface area contributed by atoms with Gasteiger partial charge in [-0.2, -0.15) is 0 Å². The number of fused-ring (bicyclic) bond motifs is 2. The van der Waals surface area contributed by atoms with Crippen molar-refractivity contribution in [2.24, 2.45) is 11.8 Å². The molecule has 3 heterocycles. The molecule has 1 N–H and O–H groups in total. The molecular formula is C29H28BrN5O2. The smallest absolute Gasteiger partial charge is 0.245 e. The van der Waals surface area contributed by atoms with Gasteiger partial charge in [0.15, 0.2) is 0 Å². The minimum atomic E-state index is 0.0342. The first-order valence-electron chi connectivity index (χ1n) is 12.5. The number of benzene rings is 2. The second-order valence-corrected chi connectivity index (χ2v) is 10.5. The first-order valence-corrected chi connectivity index (χ1v) is 13.3. The SMILES string of the molecule is C=CC(=O)N1CC2CC(n3c(Br)c(-c4ccc(Oc5ccccc5)cc4)c4c(NC)ncnc43)CC2C1. The second-order valence-electron chi connectivity index (χ2n) is 9.74. The van der Waals surface area contributed by atoms with Crippen LogP contribution in [0.15, 0.2) is 78.2 Å². The van der Waals surface area contributed by atoms with E-state index < -0.39 is 0 Å². The fourth-order valence-electron chi connectivity index (χ4n) is 5.99. The normalized spacial score (nSPS) is 20.7. The van der Waals surface area contributed by atoms with Crippen LogP contribution in [0.3, 0.4) is 0 Å². The number of para-hydroxylation sites is 1. The highest BCUT2D eigenvalue weighted by molar-refractivity contribution is 9.10. The Labute approximate surface area is 224 Å². The van der Waals surface area contributed by atoms with Crippen molar-refractivity contribution in [3.8, 4) is 22.6 Å². The van der Waals surface area contributed by atoms with Crippen LogP contribution in [-0.2, 0) is 4.79 Å². The molecule has 0 radical (unpaired) electrons. The Kier molecular flexibility index (Phi) is 6.20. The van der Waals surface area contributed by atoms with Crippen molar-refractivity contribution in [1.82, 2.24) is 19.4 Å². The lowest BCUT2D eigenvalue weighted by molar-refractivity contribution is -0.125. The van der Waals surface area contributed by atoms with Crippen molar-refractivity contribution >= 4 is 38.7 Å². The molecular weight excluding hydrogens is 530 g/mol. The van der Waals surface area contributed by atoms with Crippen LogP contribution in [0, 0.1) is 11.8 Å². The van der Waals surface area contributed by atoms with Crippen molar-refractivity contribution in [1.29, 1.82) is 0 Å². The molecule has 4 aromatic rings. The number of nitrogens with one attached hydrogen (secondary N) is 1. The van der Waals surface area contributed by atoms with E-state index in [1.54, 1.807) is 6.33 Å². The zero-order valence-corrected chi connectivity index (χ0v) is 22.2. The molecule has 0 bridgehead atoms. The van der Waals surface area contributed by atoms with Gasteiger partial charge in [0.25, 0.3) is 0 Å². The molecule has 7 nitrogen and oxygen atoms in total. The highest BCUT2D eigenvalue weighted by Gasteiger charge is 2.43. The number of anilines is 1. The number of amides is 1. The summed E-state index contributed by atoms with van der Waals surface area (Å²) in [6.07, 6.45) is 5.07. The number of nitrogens with zero attached hydrogens (tertiary/aromatic N) is 4. The molecule has 2 aliphatic rings. The van der Waals surface area contributed by atoms with E-state index in [0.29, 0.717) is 17.9 Å². The maximum Gasteiger partial charge on any atom is 0.245 e. The van der Waals surface area contributed by atoms with E-state index in [9.17, 15) is 4.79 Å². The van der Waals surface area contributed by atoms with E-state index in [4.69, 9.17) is 9.72 Å². The standard InChI is InChI=1S/C29H28BrN5O2/c1-3-24(36)34-15-19-13-21(14-20(19)16-34)35-27(30)25(26-28(31-2)32-17-33-29(26)35)18-9-11-23(12-10-18)37-22-7-5-4-6-8-22/h3-12,17,19-21H,1,13-16H2,2H3,(H,31,32,33). The van der Waals surface area contributed by atoms with E-state index in [1.807, 2.05) is 54.4 Å². The number of hydrogen-bond donors (Lipinski definition) is 1. The summed E-state index contributed by atoms with van der Waals surface area (Å²) in [6.45, 7) is 5.25. The Morgan fingerprint density at radius 1 is 1.05 bits per heavy atom. The number of likely N-dealkylation sites (tertiary alicyclic amines) is 1. The van der Waals surface area contributed by atoms with Gasteiger partial charge in [0.05, 0.1) is 9.99 Å². The highest BCUT2D eigenvalue weighted by Crippen LogP contribution is 2.49. The minimum Gasteiger partial charge on any atom is -0.457 e. The van der Waals surface area contributed by atoms with Crippen LogP contribution in [0.5, 0.6) is 11.5 Å². The largest absolute Gasteiger partial charge is 0.457 e. The predicted molar refractivity (Wildman–Crippen MR) is 149 cm³/mol. The molecule has 8 heteroatoms. The van der Waals surface area contributed by atoms with E-state index in [1.165, 1.54) is 6.08 Å². The molecule has 1 aliphatic heterocycles. The lowest BCUT2D eigenvalue weighted by Crippen LogP contribution is -2.28. The van der Waals surface area contributed by atoms with Crippen molar-refractivity contribution in [2.75, 3.05) is 25.5 Å². The summed E-state index contributed by atoms with van der Waals surface area (Å²) in [5, 5.41) is 4.25. The molecule has 1 amide bonds. The van der Waals surface area contributed by atoms with Crippen molar-refractivity contribution in [3.05, 3.63) is 78.2 Å². The van der Waals surface area contributed by atoms with Crippen LogP contribution < -0.4 is 10.1 Å². The van der Waals surface area contributed by atoms with E-state index in [2.05, 4.69) is 49.5 Å². The fourth-order valence-corrected chi connectivity index (χ4v) is 6.88. The molecule has 1 saturated carbocycles. The van der Waals surface area contributed by atoms with Crippen molar-refractivity contribution in [3.63, 3.8) is 0 Å². The summed E-state index contributed by atoms with van der Waals surface area (Å²) >= 11 is 3.96. The topological polar surface area (TPSA) is 72.3 Å². The average molecular weight is 558 g/mol. The summed E-state index contributed by atoms with van der Waals surface area (Å²) in [6, 6.07) is 18.2. The summed E-state index contributed by atoms with van der Waals surface area (Å²) in [7, 11) is 1.89. The Morgan fingerprint density at radius 2 is 1.73 bits per heavy atom. The first-order chi connectivity index (χ1) is 18.1. The van der Waals surface area contributed by atoms with Gasteiger partial charge in [-0.25, -0.2) is 9.97 Å². The molecule has 2 aromatic carbocycles. The number of rotatable bonds is 6. The Bertz CT molecular complexity index is 1450. The number of halogens is 1. The number of hydrogen-bond acceptors (Lipinski definition) is 5. The van der Waals surface area contributed by atoms with E-state index in [-0.39, 0.29) is 5.91 Å². The third-order valence-electron chi connectivity index (χ3n) is 7.66. The molecule has 1 aliphatic carbocycles. The lowest BCUT2D eigenvalue weighted by Gasteiger charge is -2.20. The zero-order valence-electron chi connectivity index (χ0n) is 20.6. The molecule has 2 fully saturated rings. The van der Waals surface area contributed by atoms with Crippen molar-refractivity contribution in [2.45, 2.75) is 18.9 Å². The van der Waals surface area contributed by atoms with E-state index in [0.717, 1.165) is 70.0 Å². The summed E-state index contributed by atoms with van der Waals surface area (Å²) < 4.78 is 9.34. The number of aromatic nitrogens is 3. The zero-order chi connectivity index (χ0) is 25.5. The maximum absolute atomic E-state index is 12.1. The lowest BCUT2D eigenvalue weighted by atomic mass is 10.0. The van der Waals surface area contributed by atoms with Crippen LogP contribution in [-0.4, -0.2) is 45.5 Å². The van der Waals surface area contributed by atoms with Gasteiger partial charge in [0, 0.05) is 31.7 Å². The van der Waals surface area contributed by atoms with Crippen LogP contribution in [0.1, 0.15) is 18.9 Å². The van der Waals surface area contributed by atoms with Gasteiger partial charge in [-0.05, 0) is 76.5 Å². The van der Waals surface area contributed by atoms with Crippen LogP contribution in [0.2, 0.25) is 0 Å². The predicted octanol–water partition coefficient (Wildman–Crippen LogP) is 6.29. The molecule has 2 aromatic heterocycles. The Balaban J connectivity index is 1.36. The molecule has 0 spiro atoms. The molecule has 188 valence electrons. The van der Waals surface area contributed by atoms with Gasteiger partial charge < -0.3 is 19.5 Å². The van der Waals surface area contributed by atoms with Crippen molar-refractivity contribution < 1.29 is 9.53 Å². The van der Waals surface area contributed by atoms with Gasteiger partial charge in [-0.3, -0.25) is 4.79 Å². The highest BCUT2D eigenvalue weighted by atomic mass is 79.9. The van der Waals surface area contributed by atoms with Crippen LogP contribution in [0.4, 0.5) is 5.82 Å². The van der Waals surface area contributed by atoms with Gasteiger partial charge in [-0.15, -0.1) is 0 Å². The second kappa shape index (κ2) is 9.67. The maximum atomic E-state index is 12.1. The van der Waals surface area contributed by atoms with Gasteiger partial charge >= 0.3 is 0 Å². The van der Waals surface area contributed by atoms with Gasteiger partial charge in [0.1, 0.15) is 29.3 Å².